The highest BCUT2D eigenvalue weighted by molar-refractivity contribution is 6.23. The molecule has 3 aliphatic heterocycles. The van der Waals surface area contributed by atoms with E-state index in [1.165, 1.54) is 0 Å². The van der Waals surface area contributed by atoms with Gasteiger partial charge in [-0.25, -0.2) is 0 Å². The molecule has 0 aliphatic carbocycles. The molecule has 1 spiro atoms. The molecule has 0 aromatic heterocycles. The minimum atomic E-state index is -1.15. The highest BCUT2D eigenvalue weighted by Gasteiger charge is 2.70. The summed E-state index contributed by atoms with van der Waals surface area (Å²) in [5.41, 5.74) is 1.21. The summed E-state index contributed by atoms with van der Waals surface area (Å²) in [5, 5.41) is 13.6. The average molecular weight is 399 g/mol. The molecule has 2 fully saturated rings. The Hall–Kier alpha value is -3.59. The van der Waals surface area contributed by atoms with E-state index in [1.54, 1.807) is 21.9 Å². The number of anilines is 1. The number of hydrogen-bond donors (Lipinski definition) is 1. The van der Waals surface area contributed by atoms with Crippen molar-refractivity contribution >= 4 is 23.2 Å². The van der Waals surface area contributed by atoms with Crippen LogP contribution in [-0.2, 0) is 15.0 Å². The lowest BCUT2D eigenvalue weighted by atomic mass is 9.65. The monoisotopic (exact) mass is 399 g/mol. The van der Waals surface area contributed by atoms with Gasteiger partial charge in [-0.15, -0.1) is 6.42 Å². The van der Waals surface area contributed by atoms with Crippen molar-refractivity contribution in [1.29, 1.82) is 0 Å². The van der Waals surface area contributed by atoms with Crippen LogP contribution in [0.3, 0.4) is 0 Å². The number of hydrogen-bond acceptors (Lipinski definition) is 4. The maximum absolute atomic E-state index is 14.0. The van der Waals surface area contributed by atoms with Crippen molar-refractivity contribution in [3.05, 3.63) is 65.7 Å². The van der Waals surface area contributed by atoms with Crippen molar-refractivity contribution in [2.75, 3.05) is 18.0 Å². The molecule has 2 saturated heterocycles. The number of fused-ring (bicyclic) bond motifs is 4. The van der Waals surface area contributed by atoms with Gasteiger partial charge in [0.15, 0.2) is 0 Å². The van der Waals surface area contributed by atoms with E-state index in [1.807, 2.05) is 42.5 Å². The zero-order chi connectivity index (χ0) is 20.9. The van der Waals surface area contributed by atoms with E-state index in [9.17, 15) is 14.8 Å². The third kappa shape index (κ3) is 2.18. The molecule has 2 aromatic carbocycles. The number of carbonyl (C=O) groups is 2. The molecule has 0 saturated carbocycles. The van der Waals surface area contributed by atoms with E-state index in [0.717, 1.165) is 24.1 Å². The average Bonchev–Trinajstić information content (AvgIpc) is 3.42. The Morgan fingerprint density at radius 2 is 1.90 bits per heavy atom. The lowest BCUT2D eigenvalue weighted by Gasteiger charge is -2.33. The molecule has 5 rings (SSSR count). The van der Waals surface area contributed by atoms with Crippen LogP contribution < -0.4 is 4.90 Å². The van der Waals surface area contributed by atoms with Crippen LogP contribution >= 0.6 is 0 Å². The van der Waals surface area contributed by atoms with Crippen molar-refractivity contribution < 1.29 is 14.8 Å². The molecular formula is C24H21N3O3. The first-order chi connectivity index (χ1) is 14.7. The number of amides is 2. The third-order valence-electron chi connectivity index (χ3n) is 6.70. The highest BCUT2D eigenvalue weighted by atomic mass is 16.4. The fourth-order valence-electron chi connectivity index (χ4n) is 5.64. The van der Waals surface area contributed by atoms with Gasteiger partial charge in [-0.3, -0.25) is 14.5 Å². The summed E-state index contributed by atoms with van der Waals surface area (Å²) >= 11 is 0. The predicted molar refractivity (Wildman–Crippen MR) is 112 cm³/mol. The van der Waals surface area contributed by atoms with Crippen LogP contribution in [0.15, 0.2) is 59.8 Å². The Balaban J connectivity index is 1.79. The minimum absolute atomic E-state index is 0.127. The molecule has 3 aliphatic rings. The molecular weight excluding hydrogens is 378 g/mol. The lowest BCUT2D eigenvalue weighted by molar-refractivity contribution is -0.130. The van der Waals surface area contributed by atoms with Crippen LogP contribution in [0.5, 0.6) is 0 Å². The second-order valence-electron chi connectivity index (χ2n) is 7.96. The van der Waals surface area contributed by atoms with Gasteiger partial charge < -0.3 is 10.1 Å². The number of carbonyl (C=O) groups excluding carboxylic acids is 2. The minimum Gasteiger partial charge on any atom is -0.411 e. The predicted octanol–water partition coefficient (Wildman–Crippen LogP) is 2.40. The summed E-state index contributed by atoms with van der Waals surface area (Å²) in [6, 6.07) is 16.3. The highest BCUT2D eigenvalue weighted by Crippen LogP contribution is 2.57. The molecule has 2 amide bonds. The first-order valence-corrected chi connectivity index (χ1v) is 10.1. The maximum atomic E-state index is 14.0. The number of rotatable bonds is 3. The SMILES string of the molecule is C#CCN1C(=O)[C@]2(c3ccccc31)C1CCCN1C(=O)[C@H]2/C(=N/O)c1ccccc1. The Morgan fingerprint density at radius 1 is 1.17 bits per heavy atom. The second-order valence-corrected chi connectivity index (χ2v) is 7.96. The molecule has 150 valence electrons. The quantitative estimate of drug-likeness (QED) is 0.373. The van der Waals surface area contributed by atoms with Crippen LogP contribution in [0, 0.1) is 18.3 Å². The van der Waals surface area contributed by atoms with Crippen LogP contribution in [-0.4, -0.2) is 46.8 Å². The van der Waals surface area contributed by atoms with Gasteiger partial charge in [-0.2, -0.15) is 0 Å². The maximum Gasteiger partial charge on any atom is 0.241 e. The molecule has 6 heteroatoms. The number of oxime groups is 1. The number of benzene rings is 2. The Labute approximate surface area is 174 Å². The number of para-hydroxylation sites is 1. The summed E-state index contributed by atoms with van der Waals surface area (Å²) in [6.45, 7) is 0.724. The van der Waals surface area contributed by atoms with E-state index in [0.29, 0.717) is 12.1 Å². The number of terminal acetylenes is 1. The zero-order valence-corrected chi connectivity index (χ0v) is 16.4. The van der Waals surface area contributed by atoms with Crippen molar-refractivity contribution in [2.45, 2.75) is 24.3 Å². The Bertz CT molecular complexity index is 1100. The fraction of sp³-hybridized carbons (Fsp3) is 0.292. The molecule has 30 heavy (non-hydrogen) atoms. The smallest absolute Gasteiger partial charge is 0.241 e. The first-order valence-electron chi connectivity index (χ1n) is 10.1. The zero-order valence-electron chi connectivity index (χ0n) is 16.4. The molecule has 1 unspecified atom stereocenters. The Kier molecular flexibility index (Phi) is 4.14. The van der Waals surface area contributed by atoms with E-state index in [4.69, 9.17) is 6.42 Å². The fourth-order valence-corrected chi connectivity index (χ4v) is 5.64. The first kappa shape index (κ1) is 18.4. The Morgan fingerprint density at radius 3 is 2.63 bits per heavy atom. The van der Waals surface area contributed by atoms with E-state index >= 15 is 0 Å². The van der Waals surface area contributed by atoms with Crippen molar-refractivity contribution in [3.63, 3.8) is 0 Å². The van der Waals surface area contributed by atoms with Gasteiger partial charge in [0.1, 0.15) is 17.0 Å². The summed E-state index contributed by atoms with van der Waals surface area (Å²) in [4.78, 5) is 31.1. The van der Waals surface area contributed by atoms with Crippen molar-refractivity contribution in [2.24, 2.45) is 11.1 Å². The summed E-state index contributed by atoms with van der Waals surface area (Å²) in [7, 11) is 0. The summed E-state index contributed by atoms with van der Waals surface area (Å²) < 4.78 is 0. The van der Waals surface area contributed by atoms with Crippen LogP contribution in [0.2, 0.25) is 0 Å². The largest absolute Gasteiger partial charge is 0.411 e. The molecule has 3 atom stereocenters. The van der Waals surface area contributed by atoms with Crippen LogP contribution in [0.1, 0.15) is 24.0 Å². The van der Waals surface area contributed by atoms with E-state index < -0.39 is 11.3 Å². The van der Waals surface area contributed by atoms with E-state index in [2.05, 4.69) is 11.1 Å². The van der Waals surface area contributed by atoms with Crippen molar-refractivity contribution in [1.82, 2.24) is 4.90 Å². The standard InChI is InChI=1S/C24H21N3O3/c1-2-14-26-18-12-7-6-11-17(18)24(23(26)29)19-13-8-15-27(19)22(28)20(24)21(25-30)16-9-4-3-5-10-16/h1,3-7,9-12,19-20,30H,8,13-15H2/b25-21+/t19?,20-,24-/m1/s1. The van der Waals surface area contributed by atoms with E-state index in [-0.39, 0.29) is 30.1 Å². The molecule has 3 heterocycles. The van der Waals surface area contributed by atoms with Crippen LogP contribution in [0.25, 0.3) is 0 Å². The van der Waals surface area contributed by atoms with Gasteiger partial charge in [-0.05, 0) is 24.5 Å². The molecule has 0 radical (unpaired) electrons. The normalized spacial score (nSPS) is 27.5. The molecule has 6 nitrogen and oxygen atoms in total. The third-order valence-corrected chi connectivity index (χ3v) is 6.70. The van der Waals surface area contributed by atoms with Gasteiger partial charge in [-0.1, -0.05) is 59.6 Å². The summed E-state index contributed by atoms with van der Waals surface area (Å²) in [6.07, 6.45) is 7.14. The summed E-state index contributed by atoms with van der Waals surface area (Å²) in [5.74, 6) is 1.31. The van der Waals surface area contributed by atoms with Gasteiger partial charge >= 0.3 is 0 Å². The molecule has 2 aromatic rings. The van der Waals surface area contributed by atoms with Crippen LogP contribution in [0.4, 0.5) is 5.69 Å². The van der Waals surface area contributed by atoms with Crippen molar-refractivity contribution in [3.8, 4) is 12.3 Å². The van der Waals surface area contributed by atoms with Gasteiger partial charge in [0, 0.05) is 17.8 Å². The van der Waals surface area contributed by atoms with Gasteiger partial charge in [0.25, 0.3) is 0 Å². The molecule has 0 bridgehead atoms. The van der Waals surface area contributed by atoms with Gasteiger partial charge in [0.2, 0.25) is 11.8 Å². The van der Waals surface area contributed by atoms with Gasteiger partial charge in [0.05, 0.1) is 12.6 Å². The topological polar surface area (TPSA) is 73.2 Å². The number of nitrogens with zero attached hydrogens (tertiary/aromatic N) is 3. The second kappa shape index (κ2) is 6.74. The molecule has 1 N–H and O–H groups in total. The lowest BCUT2D eigenvalue weighted by Crippen LogP contribution is -2.53.